The Morgan fingerprint density at radius 2 is 1.65 bits per heavy atom. The zero-order chi connectivity index (χ0) is 15.7. The van der Waals surface area contributed by atoms with Crippen LogP contribution in [-0.4, -0.2) is 42.4 Å². The van der Waals surface area contributed by atoms with Gasteiger partial charge in [-0.3, -0.25) is 4.79 Å². The second kappa shape index (κ2) is 7.67. The maximum Gasteiger partial charge on any atom is 0.227 e. The third-order valence-electron chi connectivity index (χ3n) is 5.23. The minimum Gasteiger partial charge on any atom is -0.338 e. The summed E-state index contributed by atoms with van der Waals surface area (Å²) in [6.07, 6.45) is 4.89. The van der Waals surface area contributed by atoms with Gasteiger partial charge in [0.15, 0.2) is 0 Å². The summed E-state index contributed by atoms with van der Waals surface area (Å²) < 4.78 is 0. The van der Waals surface area contributed by atoms with E-state index < -0.39 is 0 Å². The Balaban J connectivity index is 0.00000192. The zero-order valence-electron chi connectivity index (χ0n) is 14.5. The number of likely N-dealkylation sites (tertiary alicyclic amines) is 2. The highest BCUT2D eigenvalue weighted by atomic mass is 35.5. The van der Waals surface area contributed by atoms with Gasteiger partial charge in [0.25, 0.3) is 0 Å². The van der Waals surface area contributed by atoms with Crippen LogP contribution in [0.5, 0.6) is 0 Å². The van der Waals surface area contributed by atoms with Crippen molar-refractivity contribution in [3.63, 3.8) is 0 Å². The number of hydrogen-bond acceptors (Lipinski definition) is 2. The van der Waals surface area contributed by atoms with E-state index in [-0.39, 0.29) is 24.4 Å². The van der Waals surface area contributed by atoms with Crippen molar-refractivity contribution in [1.82, 2.24) is 9.80 Å². The number of rotatable bonds is 3. The molecule has 3 rings (SSSR count). The van der Waals surface area contributed by atoms with Crippen molar-refractivity contribution in [3.05, 3.63) is 34.9 Å². The Labute approximate surface area is 146 Å². The van der Waals surface area contributed by atoms with Gasteiger partial charge in [-0.15, -0.1) is 12.4 Å². The van der Waals surface area contributed by atoms with E-state index in [0.717, 1.165) is 13.0 Å². The predicted molar refractivity (Wildman–Crippen MR) is 97.1 cm³/mol. The number of piperidine rings is 1. The summed E-state index contributed by atoms with van der Waals surface area (Å²) in [7, 11) is 1.97. The molecule has 0 aromatic heterocycles. The number of halogens is 1. The fourth-order valence-electron chi connectivity index (χ4n) is 4.14. The van der Waals surface area contributed by atoms with Crippen molar-refractivity contribution in [1.29, 1.82) is 0 Å². The molecule has 128 valence electrons. The number of nitrogens with zero attached hydrogens (tertiary/aromatic N) is 2. The number of carbonyl (C=O) groups is 1. The molecule has 1 aromatic carbocycles. The van der Waals surface area contributed by atoms with Gasteiger partial charge in [-0.1, -0.05) is 35.7 Å². The van der Waals surface area contributed by atoms with Crippen LogP contribution in [0.3, 0.4) is 0 Å². The average Bonchev–Trinajstić information content (AvgIpc) is 2.76. The second-order valence-corrected chi connectivity index (χ2v) is 7.18. The number of aryl methyl sites for hydroxylation is 2. The highest BCUT2D eigenvalue weighted by molar-refractivity contribution is 5.85. The van der Waals surface area contributed by atoms with Crippen LogP contribution in [0.1, 0.15) is 48.4 Å². The molecule has 3 nitrogen and oxygen atoms in total. The Hall–Kier alpha value is -1.06. The molecule has 2 saturated heterocycles. The van der Waals surface area contributed by atoms with E-state index in [2.05, 4.69) is 36.9 Å². The maximum absolute atomic E-state index is 12.6. The summed E-state index contributed by atoms with van der Waals surface area (Å²) in [5, 5.41) is 0. The van der Waals surface area contributed by atoms with Crippen molar-refractivity contribution in [2.45, 2.75) is 45.6 Å². The Morgan fingerprint density at radius 3 is 2.26 bits per heavy atom. The van der Waals surface area contributed by atoms with Crippen LogP contribution in [0.15, 0.2) is 18.2 Å². The summed E-state index contributed by atoms with van der Waals surface area (Å²) in [6, 6.07) is 6.93. The molecule has 0 N–H and O–H groups in total. The van der Waals surface area contributed by atoms with Gasteiger partial charge >= 0.3 is 0 Å². The van der Waals surface area contributed by atoms with Crippen LogP contribution >= 0.6 is 12.4 Å². The Kier molecular flexibility index (Phi) is 6.10. The van der Waals surface area contributed by atoms with Crippen molar-refractivity contribution in [2.24, 2.45) is 5.92 Å². The minimum atomic E-state index is 0. The van der Waals surface area contributed by atoms with Gasteiger partial charge in [-0.05, 0) is 51.8 Å². The molecule has 1 aromatic rings. The lowest BCUT2D eigenvalue weighted by atomic mass is 9.96. The van der Waals surface area contributed by atoms with Crippen LogP contribution < -0.4 is 0 Å². The average molecular weight is 337 g/mol. The molecular weight excluding hydrogens is 308 g/mol. The van der Waals surface area contributed by atoms with Crippen molar-refractivity contribution < 1.29 is 4.79 Å². The molecule has 0 aliphatic carbocycles. The number of carbonyl (C=O) groups excluding carboxylic acids is 1. The highest BCUT2D eigenvalue weighted by Gasteiger charge is 2.38. The van der Waals surface area contributed by atoms with Crippen LogP contribution in [0.2, 0.25) is 0 Å². The minimum absolute atomic E-state index is 0. The molecule has 0 spiro atoms. The van der Waals surface area contributed by atoms with E-state index in [1.54, 1.807) is 0 Å². The van der Waals surface area contributed by atoms with Crippen LogP contribution in [-0.2, 0) is 4.79 Å². The summed E-state index contributed by atoms with van der Waals surface area (Å²) in [5.41, 5.74) is 3.88. The monoisotopic (exact) mass is 336 g/mol. The van der Waals surface area contributed by atoms with Gasteiger partial charge in [0.1, 0.15) is 0 Å². The molecule has 2 fully saturated rings. The first kappa shape index (κ1) is 18.3. The van der Waals surface area contributed by atoms with E-state index in [9.17, 15) is 4.79 Å². The molecule has 0 radical (unpaired) electrons. The van der Waals surface area contributed by atoms with E-state index in [0.29, 0.717) is 5.91 Å². The summed E-state index contributed by atoms with van der Waals surface area (Å²) in [5.74, 6) is 0.503. The molecule has 2 heterocycles. The lowest BCUT2D eigenvalue weighted by molar-refractivity contribution is -0.131. The van der Waals surface area contributed by atoms with Crippen molar-refractivity contribution in [3.8, 4) is 0 Å². The van der Waals surface area contributed by atoms with Gasteiger partial charge in [-0.25, -0.2) is 0 Å². The summed E-state index contributed by atoms with van der Waals surface area (Å²) in [6.45, 7) is 7.56. The number of amides is 1. The van der Waals surface area contributed by atoms with E-state index >= 15 is 0 Å². The molecule has 2 atom stereocenters. The van der Waals surface area contributed by atoms with Gasteiger partial charge in [0, 0.05) is 13.6 Å². The largest absolute Gasteiger partial charge is 0.338 e. The molecule has 1 amide bonds. The van der Waals surface area contributed by atoms with Crippen molar-refractivity contribution in [2.75, 3.05) is 26.7 Å². The number of hydrogen-bond donors (Lipinski definition) is 0. The molecule has 23 heavy (non-hydrogen) atoms. The van der Waals surface area contributed by atoms with Gasteiger partial charge in [0.05, 0.1) is 12.0 Å². The Bertz CT molecular complexity index is 534. The summed E-state index contributed by atoms with van der Waals surface area (Å²) in [4.78, 5) is 17.1. The topological polar surface area (TPSA) is 23.6 Å². The summed E-state index contributed by atoms with van der Waals surface area (Å²) >= 11 is 0. The van der Waals surface area contributed by atoms with Gasteiger partial charge in [-0.2, -0.15) is 0 Å². The van der Waals surface area contributed by atoms with Gasteiger partial charge in [0.2, 0.25) is 5.91 Å². The third kappa shape index (κ3) is 4.07. The predicted octanol–water partition coefficient (Wildman–Crippen LogP) is 3.73. The first-order chi connectivity index (χ1) is 10.5. The van der Waals surface area contributed by atoms with E-state index in [4.69, 9.17) is 0 Å². The molecule has 2 unspecified atom stereocenters. The quantitative estimate of drug-likeness (QED) is 0.839. The van der Waals surface area contributed by atoms with E-state index in [1.165, 1.54) is 49.0 Å². The lowest BCUT2D eigenvalue weighted by Gasteiger charge is -2.28. The fraction of sp³-hybridized carbons (Fsp3) is 0.632. The van der Waals surface area contributed by atoms with Gasteiger partial charge < -0.3 is 9.80 Å². The zero-order valence-corrected chi connectivity index (χ0v) is 15.4. The Morgan fingerprint density at radius 1 is 1.04 bits per heavy atom. The second-order valence-electron chi connectivity index (χ2n) is 7.18. The molecule has 2 aliphatic heterocycles. The fourth-order valence-corrected chi connectivity index (χ4v) is 4.14. The molecule has 2 aliphatic rings. The first-order valence-corrected chi connectivity index (χ1v) is 8.62. The molecule has 4 heteroatoms. The van der Waals surface area contributed by atoms with Crippen molar-refractivity contribution >= 4 is 18.3 Å². The van der Waals surface area contributed by atoms with Crippen LogP contribution in [0.4, 0.5) is 0 Å². The highest BCUT2D eigenvalue weighted by Crippen LogP contribution is 2.36. The first-order valence-electron chi connectivity index (χ1n) is 8.62. The van der Waals surface area contributed by atoms with Crippen LogP contribution in [0.25, 0.3) is 0 Å². The SMILES string of the molecule is Cc1cc(C)cc(C2CC(CN3CCCCC3)C(=O)N2C)c1.Cl. The molecular formula is C19H29ClN2O. The maximum atomic E-state index is 12.6. The lowest BCUT2D eigenvalue weighted by Crippen LogP contribution is -2.36. The standard InChI is InChI=1S/C19H28N2O.ClH/c1-14-9-15(2)11-16(10-14)18-12-17(19(22)20(18)3)13-21-7-5-4-6-8-21;/h9-11,17-18H,4-8,12-13H2,1-3H3;1H. The molecule has 0 bridgehead atoms. The smallest absolute Gasteiger partial charge is 0.227 e. The normalized spacial score (nSPS) is 25.5. The molecule has 0 saturated carbocycles. The van der Waals surface area contributed by atoms with E-state index in [1.807, 2.05) is 11.9 Å². The third-order valence-corrected chi connectivity index (χ3v) is 5.23. The van der Waals surface area contributed by atoms with Crippen LogP contribution in [0, 0.1) is 19.8 Å². The number of benzene rings is 1.